The van der Waals surface area contributed by atoms with Gasteiger partial charge in [0.25, 0.3) is 0 Å². The Hall–Kier alpha value is -1.42. The molecule has 2 aliphatic rings. The van der Waals surface area contributed by atoms with E-state index in [1.807, 2.05) is 12.1 Å². The summed E-state index contributed by atoms with van der Waals surface area (Å²) in [7, 11) is 0. The molecule has 1 aliphatic heterocycles. The quantitative estimate of drug-likeness (QED) is 0.898. The van der Waals surface area contributed by atoms with Crippen molar-refractivity contribution in [1.82, 2.24) is 10.6 Å². The Labute approximate surface area is 131 Å². The van der Waals surface area contributed by atoms with E-state index in [1.54, 1.807) is 12.1 Å². The molecule has 1 heterocycles. The molecule has 1 aromatic carbocycles. The Balaban J connectivity index is 1.66. The zero-order chi connectivity index (χ0) is 15.4. The third-order valence-corrected chi connectivity index (χ3v) is 5.28. The average molecular weight is 304 g/mol. The number of benzene rings is 1. The van der Waals surface area contributed by atoms with Gasteiger partial charge in [-0.2, -0.15) is 0 Å². The molecule has 2 fully saturated rings. The summed E-state index contributed by atoms with van der Waals surface area (Å²) in [6.45, 7) is 1.69. The second-order valence-electron chi connectivity index (χ2n) is 6.75. The third-order valence-electron chi connectivity index (χ3n) is 5.28. The molecule has 0 radical (unpaired) electrons. The first kappa shape index (κ1) is 15.5. The second-order valence-corrected chi connectivity index (χ2v) is 6.75. The summed E-state index contributed by atoms with van der Waals surface area (Å²) < 4.78 is 13.2. The molecule has 1 aliphatic carbocycles. The van der Waals surface area contributed by atoms with Gasteiger partial charge in [0, 0.05) is 31.0 Å². The molecule has 1 saturated carbocycles. The molecule has 0 aromatic heterocycles. The number of rotatable bonds is 4. The molecule has 3 nitrogen and oxygen atoms in total. The molecule has 1 amide bonds. The first-order valence-corrected chi connectivity index (χ1v) is 8.44. The Morgan fingerprint density at radius 1 is 1.18 bits per heavy atom. The number of hydrogen-bond donors (Lipinski definition) is 2. The van der Waals surface area contributed by atoms with Crippen LogP contribution in [0.2, 0.25) is 0 Å². The van der Waals surface area contributed by atoms with Gasteiger partial charge in [-0.05, 0) is 43.4 Å². The van der Waals surface area contributed by atoms with E-state index in [4.69, 9.17) is 0 Å². The SMILES string of the molecule is O=C1CCC(NCC2(c3ccc(F)cc3)CCCC2)CCN1. The van der Waals surface area contributed by atoms with Crippen molar-refractivity contribution in [3.8, 4) is 0 Å². The van der Waals surface area contributed by atoms with Crippen molar-refractivity contribution in [1.29, 1.82) is 0 Å². The van der Waals surface area contributed by atoms with Crippen LogP contribution in [0.3, 0.4) is 0 Å². The van der Waals surface area contributed by atoms with Crippen LogP contribution in [-0.4, -0.2) is 25.0 Å². The molecule has 22 heavy (non-hydrogen) atoms. The standard InChI is InChI=1S/C18H25FN2O/c19-15-5-3-14(4-6-15)18(10-1-2-11-18)13-21-16-7-8-17(22)20-12-9-16/h3-6,16,21H,1-2,7-13H2,(H,20,22). The maximum absolute atomic E-state index is 13.2. The second kappa shape index (κ2) is 6.78. The van der Waals surface area contributed by atoms with E-state index >= 15 is 0 Å². The monoisotopic (exact) mass is 304 g/mol. The Bertz CT molecular complexity index is 508. The van der Waals surface area contributed by atoms with Gasteiger partial charge in [0.1, 0.15) is 5.82 Å². The maximum atomic E-state index is 13.2. The lowest BCUT2D eigenvalue weighted by Crippen LogP contribution is -2.41. The van der Waals surface area contributed by atoms with Crippen molar-refractivity contribution < 1.29 is 9.18 Å². The van der Waals surface area contributed by atoms with E-state index in [9.17, 15) is 9.18 Å². The number of hydrogen-bond acceptors (Lipinski definition) is 2. The highest BCUT2D eigenvalue weighted by atomic mass is 19.1. The fourth-order valence-electron chi connectivity index (χ4n) is 3.89. The van der Waals surface area contributed by atoms with E-state index < -0.39 is 0 Å². The molecular formula is C18H25FN2O. The van der Waals surface area contributed by atoms with E-state index in [0.29, 0.717) is 12.5 Å². The van der Waals surface area contributed by atoms with E-state index in [2.05, 4.69) is 10.6 Å². The molecule has 1 saturated heterocycles. The minimum absolute atomic E-state index is 0.136. The van der Waals surface area contributed by atoms with Crippen molar-refractivity contribution in [2.45, 2.75) is 56.4 Å². The average Bonchev–Trinajstić information content (AvgIpc) is 2.90. The minimum atomic E-state index is -0.168. The van der Waals surface area contributed by atoms with Crippen molar-refractivity contribution in [3.63, 3.8) is 0 Å². The van der Waals surface area contributed by atoms with Crippen molar-refractivity contribution in [2.24, 2.45) is 0 Å². The predicted molar refractivity (Wildman–Crippen MR) is 85.2 cm³/mol. The van der Waals surface area contributed by atoms with E-state index in [-0.39, 0.29) is 17.1 Å². The maximum Gasteiger partial charge on any atom is 0.220 e. The van der Waals surface area contributed by atoms with Gasteiger partial charge in [0.15, 0.2) is 0 Å². The van der Waals surface area contributed by atoms with Crippen molar-refractivity contribution in [3.05, 3.63) is 35.6 Å². The lowest BCUT2D eigenvalue weighted by Gasteiger charge is -2.32. The summed E-state index contributed by atoms with van der Waals surface area (Å²) in [4.78, 5) is 11.4. The summed E-state index contributed by atoms with van der Waals surface area (Å²) in [5, 5.41) is 6.62. The fraction of sp³-hybridized carbons (Fsp3) is 0.611. The van der Waals surface area contributed by atoms with E-state index in [0.717, 1.165) is 38.8 Å². The van der Waals surface area contributed by atoms with E-state index in [1.165, 1.54) is 18.4 Å². The molecule has 0 bridgehead atoms. The highest BCUT2D eigenvalue weighted by Crippen LogP contribution is 2.40. The van der Waals surface area contributed by atoms with Crippen molar-refractivity contribution >= 4 is 5.91 Å². The van der Waals surface area contributed by atoms with Gasteiger partial charge in [-0.3, -0.25) is 4.79 Å². The molecule has 4 heteroatoms. The first-order valence-electron chi connectivity index (χ1n) is 8.44. The summed E-state index contributed by atoms with van der Waals surface area (Å²) in [6.07, 6.45) is 7.32. The highest BCUT2D eigenvalue weighted by molar-refractivity contribution is 5.76. The minimum Gasteiger partial charge on any atom is -0.356 e. The Kier molecular flexibility index (Phi) is 4.77. The summed E-state index contributed by atoms with van der Waals surface area (Å²) in [5.74, 6) is -0.00312. The largest absolute Gasteiger partial charge is 0.356 e. The van der Waals surface area contributed by atoms with Crippen molar-refractivity contribution in [2.75, 3.05) is 13.1 Å². The van der Waals surface area contributed by atoms with Crippen LogP contribution in [0.1, 0.15) is 50.5 Å². The van der Waals surface area contributed by atoms with Gasteiger partial charge in [0.05, 0.1) is 0 Å². The van der Waals surface area contributed by atoms with Crippen LogP contribution in [0.5, 0.6) is 0 Å². The molecule has 1 aromatic rings. The van der Waals surface area contributed by atoms with Gasteiger partial charge in [0.2, 0.25) is 5.91 Å². The van der Waals surface area contributed by atoms with Crippen LogP contribution < -0.4 is 10.6 Å². The summed E-state index contributed by atoms with van der Waals surface area (Å²) in [5.41, 5.74) is 1.39. The number of nitrogens with one attached hydrogen (secondary N) is 2. The number of carbonyl (C=O) groups is 1. The van der Waals surface area contributed by atoms with Crippen LogP contribution in [0, 0.1) is 5.82 Å². The predicted octanol–water partition coefficient (Wildman–Crippen LogP) is 2.90. The molecule has 3 rings (SSSR count). The summed E-state index contributed by atoms with van der Waals surface area (Å²) >= 11 is 0. The highest BCUT2D eigenvalue weighted by Gasteiger charge is 2.36. The van der Waals surface area contributed by atoms with Crippen LogP contribution in [0.4, 0.5) is 4.39 Å². The lowest BCUT2D eigenvalue weighted by molar-refractivity contribution is -0.120. The normalized spacial score (nSPS) is 24.8. The smallest absolute Gasteiger partial charge is 0.220 e. The molecule has 1 atom stereocenters. The Morgan fingerprint density at radius 2 is 1.91 bits per heavy atom. The number of halogens is 1. The lowest BCUT2D eigenvalue weighted by atomic mass is 9.78. The molecule has 1 unspecified atom stereocenters. The van der Waals surface area contributed by atoms with Crippen LogP contribution >= 0.6 is 0 Å². The number of amides is 1. The van der Waals surface area contributed by atoms with Gasteiger partial charge in [-0.15, -0.1) is 0 Å². The van der Waals surface area contributed by atoms with Crippen LogP contribution in [0.15, 0.2) is 24.3 Å². The van der Waals surface area contributed by atoms with Gasteiger partial charge in [-0.1, -0.05) is 25.0 Å². The third kappa shape index (κ3) is 3.49. The van der Waals surface area contributed by atoms with Gasteiger partial charge in [-0.25, -0.2) is 4.39 Å². The zero-order valence-corrected chi connectivity index (χ0v) is 13.0. The molecular weight excluding hydrogens is 279 g/mol. The number of carbonyl (C=O) groups excluding carboxylic acids is 1. The van der Waals surface area contributed by atoms with Gasteiger partial charge < -0.3 is 10.6 Å². The summed E-state index contributed by atoms with van der Waals surface area (Å²) in [6, 6.07) is 7.44. The van der Waals surface area contributed by atoms with Crippen LogP contribution in [0.25, 0.3) is 0 Å². The van der Waals surface area contributed by atoms with Crippen LogP contribution in [-0.2, 0) is 10.2 Å². The van der Waals surface area contributed by atoms with Gasteiger partial charge >= 0.3 is 0 Å². The molecule has 120 valence electrons. The zero-order valence-electron chi connectivity index (χ0n) is 13.0. The Morgan fingerprint density at radius 3 is 2.64 bits per heavy atom. The fourth-order valence-corrected chi connectivity index (χ4v) is 3.89. The molecule has 2 N–H and O–H groups in total. The first-order chi connectivity index (χ1) is 10.7. The topological polar surface area (TPSA) is 41.1 Å². The molecule has 0 spiro atoms.